The Morgan fingerprint density at radius 3 is 2.30 bits per heavy atom. The van der Waals surface area contributed by atoms with Crippen LogP contribution in [0.25, 0.3) is 11.3 Å². The van der Waals surface area contributed by atoms with Crippen LogP contribution in [0.15, 0.2) is 16.7 Å². The molecule has 0 radical (unpaired) electrons. The van der Waals surface area contributed by atoms with E-state index in [0.717, 1.165) is 16.7 Å². The van der Waals surface area contributed by atoms with Crippen LogP contribution in [0.4, 0.5) is 0 Å². The molecule has 0 atom stereocenters. The van der Waals surface area contributed by atoms with E-state index in [4.69, 9.17) is 4.52 Å². The average molecular weight is 273 g/mol. The van der Waals surface area contributed by atoms with E-state index in [9.17, 15) is 9.90 Å². The molecule has 2 aromatic rings. The molecule has 0 unspecified atom stereocenters. The third kappa shape index (κ3) is 2.33. The van der Waals surface area contributed by atoms with Crippen molar-refractivity contribution in [1.82, 2.24) is 5.16 Å². The van der Waals surface area contributed by atoms with Gasteiger partial charge in [0.25, 0.3) is 0 Å². The van der Waals surface area contributed by atoms with Gasteiger partial charge in [0, 0.05) is 11.5 Å². The molecule has 1 heterocycles. The predicted octanol–water partition coefficient (Wildman–Crippen LogP) is 4.09. The lowest BCUT2D eigenvalue weighted by molar-refractivity contribution is 0.0694. The van der Waals surface area contributed by atoms with Crippen molar-refractivity contribution in [3.05, 3.63) is 40.1 Å². The Labute approximate surface area is 118 Å². The number of aromatic carboxylic acids is 1. The highest BCUT2D eigenvalue weighted by atomic mass is 16.5. The summed E-state index contributed by atoms with van der Waals surface area (Å²) in [6, 6.07) is 4.01. The Bertz CT molecular complexity index is 669. The van der Waals surface area contributed by atoms with Crippen LogP contribution in [0.2, 0.25) is 0 Å². The lowest BCUT2D eigenvalue weighted by atomic mass is 9.95. The molecule has 0 saturated heterocycles. The molecule has 0 bridgehead atoms. The number of nitrogens with zero attached hydrogens (tertiary/aromatic N) is 1. The van der Waals surface area contributed by atoms with Gasteiger partial charge in [0.1, 0.15) is 11.3 Å². The van der Waals surface area contributed by atoms with Crippen molar-refractivity contribution in [2.45, 2.75) is 40.5 Å². The number of aromatic nitrogens is 1. The van der Waals surface area contributed by atoms with Gasteiger partial charge in [0.2, 0.25) is 0 Å². The minimum Gasteiger partial charge on any atom is -0.477 e. The monoisotopic (exact) mass is 273 g/mol. The SMILES string of the molecule is Cc1cc(C)c(-c2noc(C(C)C)c2C(=O)O)cc1C. The maximum absolute atomic E-state index is 11.5. The second-order valence-electron chi connectivity index (χ2n) is 5.48. The Balaban J connectivity index is 2.70. The van der Waals surface area contributed by atoms with Crippen LogP contribution in [-0.2, 0) is 0 Å². The molecule has 0 aliphatic heterocycles. The van der Waals surface area contributed by atoms with Gasteiger partial charge in [-0.25, -0.2) is 4.79 Å². The number of aryl methyl sites for hydroxylation is 3. The van der Waals surface area contributed by atoms with Crippen LogP contribution in [-0.4, -0.2) is 16.2 Å². The summed E-state index contributed by atoms with van der Waals surface area (Å²) in [6.07, 6.45) is 0. The molecular weight excluding hydrogens is 254 g/mol. The first-order chi connectivity index (χ1) is 9.32. The first-order valence-corrected chi connectivity index (χ1v) is 6.64. The molecule has 1 N–H and O–H groups in total. The van der Waals surface area contributed by atoms with Crippen LogP contribution in [0, 0.1) is 20.8 Å². The topological polar surface area (TPSA) is 63.3 Å². The lowest BCUT2D eigenvalue weighted by Crippen LogP contribution is -2.03. The maximum atomic E-state index is 11.5. The van der Waals surface area contributed by atoms with E-state index < -0.39 is 5.97 Å². The van der Waals surface area contributed by atoms with Gasteiger partial charge in [-0.15, -0.1) is 0 Å². The summed E-state index contributed by atoms with van der Waals surface area (Å²) in [5.74, 6) is -0.595. The van der Waals surface area contributed by atoms with Crippen molar-refractivity contribution in [3.63, 3.8) is 0 Å². The van der Waals surface area contributed by atoms with Crippen LogP contribution < -0.4 is 0 Å². The highest BCUT2D eigenvalue weighted by Gasteiger charge is 2.26. The van der Waals surface area contributed by atoms with Gasteiger partial charge in [-0.1, -0.05) is 25.1 Å². The number of benzene rings is 1. The highest BCUT2D eigenvalue weighted by molar-refractivity contribution is 5.96. The first-order valence-electron chi connectivity index (χ1n) is 6.64. The van der Waals surface area contributed by atoms with Gasteiger partial charge in [0.05, 0.1) is 0 Å². The molecule has 4 nitrogen and oxygen atoms in total. The molecule has 20 heavy (non-hydrogen) atoms. The molecule has 0 saturated carbocycles. The van der Waals surface area contributed by atoms with E-state index in [-0.39, 0.29) is 11.5 Å². The normalized spacial score (nSPS) is 11.1. The first kappa shape index (κ1) is 14.3. The van der Waals surface area contributed by atoms with E-state index in [2.05, 4.69) is 5.16 Å². The highest BCUT2D eigenvalue weighted by Crippen LogP contribution is 2.32. The molecule has 0 aliphatic rings. The summed E-state index contributed by atoms with van der Waals surface area (Å²) in [6.45, 7) is 9.78. The molecule has 0 aliphatic carbocycles. The number of carbonyl (C=O) groups is 1. The summed E-state index contributed by atoms with van der Waals surface area (Å²) < 4.78 is 5.27. The molecule has 0 fully saturated rings. The van der Waals surface area contributed by atoms with Crippen molar-refractivity contribution in [1.29, 1.82) is 0 Å². The molecule has 2 rings (SSSR count). The van der Waals surface area contributed by atoms with E-state index in [0.29, 0.717) is 11.5 Å². The quantitative estimate of drug-likeness (QED) is 0.914. The van der Waals surface area contributed by atoms with Crippen LogP contribution >= 0.6 is 0 Å². The third-order valence-corrected chi connectivity index (χ3v) is 3.55. The fraction of sp³-hybridized carbons (Fsp3) is 0.375. The van der Waals surface area contributed by atoms with Gasteiger partial charge in [0.15, 0.2) is 5.76 Å². The second kappa shape index (κ2) is 5.12. The summed E-state index contributed by atoms with van der Waals surface area (Å²) in [5, 5.41) is 13.5. The average Bonchev–Trinajstić information content (AvgIpc) is 2.78. The zero-order chi connectivity index (χ0) is 15.0. The number of carboxylic acid groups (broad SMARTS) is 1. The van der Waals surface area contributed by atoms with E-state index in [1.54, 1.807) is 0 Å². The van der Waals surface area contributed by atoms with Crippen molar-refractivity contribution in [3.8, 4) is 11.3 Å². The van der Waals surface area contributed by atoms with Gasteiger partial charge in [-0.05, 0) is 43.5 Å². The summed E-state index contributed by atoms with van der Waals surface area (Å²) >= 11 is 0. The van der Waals surface area contributed by atoms with Gasteiger partial charge < -0.3 is 9.63 Å². The summed E-state index contributed by atoms with van der Waals surface area (Å²) in [7, 11) is 0. The Morgan fingerprint density at radius 2 is 1.75 bits per heavy atom. The fourth-order valence-electron chi connectivity index (χ4n) is 2.30. The largest absolute Gasteiger partial charge is 0.477 e. The van der Waals surface area contributed by atoms with Gasteiger partial charge >= 0.3 is 5.97 Å². The molecule has 1 aromatic carbocycles. The standard InChI is InChI=1S/C16H19NO3/c1-8(2)15-13(16(18)19)14(17-20-15)12-7-10(4)9(3)6-11(12)5/h6-8H,1-5H3,(H,18,19). The zero-order valence-electron chi connectivity index (χ0n) is 12.4. The fourth-order valence-corrected chi connectivity index (χ4v) is 2.30. The van der Waals surface area contributed by atoms with E-state index >= 15 is 0 Å². The Kier molecular flexibility index (Phi) is 3.66. The number of rotatable bonds is 3. The van der Waals surface area contributed by atoms with Crippen molar-refractivity contribution < 1.29 is 14.4 Å². The van der Waals surface area contributed by atoms with Crippen LogP contribution in [0.1, 0.15) is 52.6 Å². The van der Waals surface area contributed by atoms with Crippen LogP contribution in [0.3, 0.4) is 0 Å². The summed E-state index contributed by atoms with van der Waals surface area (Å²) in [5.41, 5.74) is 4.69. The van der Waals surface area contributed by atoms with E-state index in [1.165, 1.54) is 5.56 Å². The zero-order valence-corrected chi connectivity index (χ0v) is 12.4. The molecule has 4 heteroatoms. The summed E-state index contributed by atoms with van der Waals surface area (Å²) in [4.78, 5) is 11.5. The molecule has 0 spiro atoms. The Morgan fingerprint density at radius 1 is 1.15 bits per heavy atom. The molecular formula is C16H19NO3. The molecule has 0 amide bonds. The lowest BCUT2D eigenvalue weighted by Gasteiger charge is -2.08. The second-order valence-corrected chi connectivity index (χ2v) is 5.48. The third-order valence-electron chi connectivity index (χ3n) is 3.55. The minimum absolute atomic E-state index is 0.0193. The van der Waals surface area contributed by atoms with Gasteiger partial charge in [-0.2, -0.15) is 0 Å². The predicted molar refractivity (Wildman–Crippen MR) is 77.2 cm³/mol. The molecule has 1 aromatic heterocycles. The van der Waals surface area contributed by atoms with E-state index in [1.807, 2.05) is 46.8 Å². The number of hydrogen-bond donors (Lipinski definition) is 1. The van der Waals surface area contributed by atoms with Crippen molar-refractivity contribution in [2.75, 3.05) is 0 Å². The van der Waals surface area contributed by atoms with Gasteiger partial charge in [-0.3, -0.25) is 0 Å². The molecule has 106 valence electrons. The number of carboxylic acids is 1. The Hall–Kier alpha value is -2.10. The van der Waals surface area contributed by atoms with Crippen molar-refractivity contribution >= 4 is 5.97 Å². The maximum Gasteiger partial charge on any atom is 0.341 e. The minimum atomic E-state index is -0.998. The number of hydrogen-bond acceptors (Lipinski definition) is 3. The van der Waals surface area contributed by atoms with Crippen molar-refractivity contribution in [2.24, 2.45) is 0 Å². The smallest absolute Gasteiger partial charge is 0.341 e. The van der Waals surface area contributed by atoms with Crippen LogP contribution in [0.5, 0.6) is 0 Å².